The fraction of sp³-hybridized carbons (Fsp3) is 0.214. The standard InChI is InChI=1S/C14H13N3OS2/c1-17-8-9-19-14(17)16-12(18)6-7-13-15-10-4-2-3-5-11(10)20-13/h2-5,8-9H,6-7H2,1H3. The van der Waals surface area contributed by atoms with E-state index in [1.54, 1.807) is 11.3 Å². The Kier molecular flexibility index (Phi) is 3.75. The van der Waals surface area contributed by atoms with Crippen molar-refractivity contribution in [3.8, 4) is 0 Å². The van der Waals surface area contributed by atoms with Crippen molar-refractivity contribution in [2.24, 2.45) is 12.0 Å². The van der Waals surface area contributed by atoms with Crippen molar-refractivity contribution in [3.63, 3.8) is 0 Å². The minimum Gasteiger partial charge on any atom is -0.327 e. The van der Waals surface area contributed by atoms with Gasteiger partial charge >= 0.3 is 0 Å². The number of hydrogen-bond donors (Lipinski definition) is 0. The van der Waals surface area contributed by atoms with E-state index in [2.05, 4.69) is 9.98 Å². The molecule has 2 heterocycles. The van der Waals surface area contributed by atoms with E-state index in [0.29, 0.717) is 12.8 Å². The summed E-state index contributed by atoms with van der Waals surface area (Å²) < 4.78 is 3.01. The number of fused-ring (bicyclic) bond motifs is 1. The van der Waals surface area contributed by atoms with Crippen molar-refractivity contribution in [2.45, 2.75) is 12.8 Å². The van der Waals surface area contributed by atoms with E-state index in [4.69, 9.17) is 0 Å². The number of carbonyl (C=O) groups is 1. The molecule has 0 fully saturated rings. The molecule has 1 amide bonds. The van der Waals surface area contributed by atoms with Gasteiger partial charge in [0.1, 0.15) is 0 Å². The topological polar surface area (TPSA) is 47.2 Å². The van der Waals surface area contributed by atoms with Crippen LogP contribution in [0.5, 0.6) is 0 Å². The third kappa shape index (κ3) is 2.86. The fourth-order valence-electron chi connectivity index (χ4n) is 1.84. The number of carbonyl (C=O) groups excluding carboxylic acids is 1. The van der Waals surface area contributed by atoms with E-state index >= 15 is 0 Å². The van der Waals surface area contributed by atoms with Gasteiger partial charge in [0.15, 0.2) is 4.80 Å². The van der Waals surface area contributed by atoms with Gasteiger partial charge in [0.2, 0.25) is 5.91 Å². The molecule has 6 heteroatoms. The molecule has 1 aromatic carbocycles. The maximum absolute atomic E-state index is 11.9. The highest BCUT2D eigenvalue weighted by atomic mass is 32.1. The Morgan fingerprint density at radius 1 is 1.40 bits per heavy atom. The Hall–Kier alpha value is -1.79. The van der Waals surface area contributed by atoms with Crippen LogP contribution < -0.4 is 4.80 Å². The predicted molar refractivity (Wildman–Crippen MR) is 81.8 cm³/mol. The summed E-state index contributed by atoms with van der Waals surface area (Å²) in [7, 11) is 1.89. The maximum Gasteiger partial charge on any atom is 0.248 e. The Morgan fingerprint density at radius 3 is 3.00 bits per heavy atom. The molecule has 0 bridgehead atoms. The molecule has 0 aliphatic carbocycles. The first-order valence-electron chi connectivity index (χ1n) is 6.24. The summed E-state index contributed by atoms with van der Waals surface area (Å²) in [5.41, 5.74) is 1.00. The number of rotatable bonds is 3. The van der Waals surface area contributed by atoms with Crippen LogP contribution in [0.3, 0.4) is 0 Å². The van der Waals surface area contributed by atoms with E-state index in [-0.39, 0.29) is 5.91 Å². The second-order valence-corrected chi connectivity index (χ2v) is 6.37. The third-order valence-electron chi connectivity index (χ3n) is 2.87. The van der Waals surface area contributed by atoms with Crippen LogP contribution in [-0.4, -0.2) is 15.5 Å². The molecule has 3 rings (SSSR count). The highest BCUT2D eigenvalue weighted by Gasteiger charge is 2.06. The number of hydrogen-bond acceptors (Lipinski definition) is 4. The van der Waals surface area contributed by atoms with E-state index in [1.807, 2.05) is 47.5 Å². The van der Waals surface area contributed by atoms with Gasteiger partial charge in [-0.2, -0.15) is 4.99 Å². The molecule has 20 heavy (non-hydrogen) atoms. The summed E-state index contributed by atoms with van der Waals surface area (Å²) in [4.78, 5) is 21.2. The maximum atomic E-state index is 11.9. The molecule has 0 saturated carbocycles. The van der Waals surface area contributed by atoms with E-state index in [1.165, 1.54) is 11.3 Å². The van der Waals surface area contributed by atoms with E-state index < -0.39 is 0 Å². The summed E-state index contributed by atoms with van der Waals surface area (Å²) in [6.45, 7) is 0. The van der Waals surface area contributed by atoms with Gasteiger partial charge < -0.3 is 4.57 Å². The molecule has 4 nitrogen and oxygen atoms in total. The SMILES string of the molecule is Cn1ccsc1=NC(=O)CCc1nc2ccccc2s1. The smallest absolute Gasteiger partial charge is 0.248 e. The second kappa shape index (κ2) is 5.68. The van der Waals surface area contributed by atoms with Gasteiger partial charge in [-0.1, -0.05) is 12.1 Å². The number of aryl methyl sites for hydroxylation is 2. The average Bonchev–Trinajstić information content (AvgIpc) is 3.03. The van der Waals surface area contributed by atoms with Crippen molar-refractivity contribution >= 4 is 38.8 Å². The predicted octanol–water partition coefficient (Wildman–Crippen LogP) is 2.76. The molecule has 0 atom stereocenters. The van der Waals surface area contributed by atoms with Crippen LogP contribution in [0.1, 0.15) is 11.4 Å². The van der Waals surface area contributed by atoms with Gasteiger partial charge in [-0.3, -0.25) is 4.79 Å². The summed E-state index contributed by atoms with van der Waals surface area (Å²) >= 11 is 3.11. The number of thiazole rings is 2. The van der Waals surface area contributed by atoms with Crippen LogP contribution in [0.4, 0.5) is 0 Å². The Morgan fingerprint density at radius 2 is 2.25 bits per heavy atom. The molecular formula is C14H13N3OS2. The summed E-state index contributed by atoms with van der Waals surface area (Å²) in [5.74, 6) is -0.0951. The van der Waals surface area contributed by atoms with Crippen LogP contribution in [0.2, 0.25) is 0 Å². The lowest BCUT2D eigenvalue weighted by Gasteiger charge is -1.93. The van der Waals surface area contributed by atoms with Crippen LogP contribution in [-0.2, 0) is 18.3 Å². The fourth-order valence-corrected chi connectivity index (χ4v) is 3.55. The Labute approximate surface area is 124 Å². The molecule has 3 aromatic rings. The number of aromatic nitrogens is 2. The quantitative estimate of drug-likeness (QED) is 0.747. The zero-order valence-corrected chi connectivity index (χ0v) is 12.6. The summed E-state index contributed by atoms with van der Waals surface area (Å²) in [6.07, 6.45) is 2.94. The van der Waals surface area contributed by atoms with Gasteiger partial charge in [-0.25, -0.2) is 4.98 Å². The molecule has 2 aromatic heterocycles. The summed E-state index contributed by atoms with van der Waals surface area (Å²) in [5, 5.41) is 2.91. The van der Waals surface area contributed by atoms with Crippen LogP contribution in [0, 0.1) is 0 Å². The first-order chi connectivity index (χ1) is 9.72. The van der Waals surface area contributed by atoms with Gasteiger partial charge in [-0.05, 0) is 12.1 Å². The van der Waals surface area contributed by atoms with E-state index in [0.717, 1.165) is 20.0 Å². The average molecular weight is 303 g/mol. The van der Waals surface area contributed by atoms with Gasteiger partial charge in [0.05, 0.1) is 15.2 Å². The number of benzene rings is 1. The molecule has 102 valence electrons. The molecule has 0 aliphatic heterocycles. The van der Waals surface area contributed by atoms with Crippen molar-refractivity contribution in [1.29, 1.82) is 0 Å². The van der Waals surface area contributed by atoms with Crippen molar-refractivity contribution in [1.82, 2.24) is 9.55 Å². The lowest BCUT2D eigenvalue weighted by atomic mass is 10.3. The molecule has 0 unspecified atom stereocenters. The highest BCUT2D eigenvalue weighted by molar-refractivity contribution is 7.18. The number of para-hydroxylation sites is 1. The molecule has 0 N–H and O–H groups in total. The largest absolute Gasteiger partial charge is 0.327 e. The zero-order valence-electron chi connectivity index (χ0n) is 10.9. The monoisotopic (exact) mass is 303 g/mol. The van der Waals surface area contributed by atoms with Crippen molar-refractivity contribution < 1.29 is 4.79 Å². The first kappa shape index (κ1) is 13.2. The second-order valence-electron chi connectivity index (χ2n) is 4.38. The van der Waals surface area contributed by atoms with Crippen molar-refractivity contribution in [2.75, 3.05) is 0 Å². The Bertz CT molecular complexity index is 780. The molecular weight excluding hydrogens is 290 g/mol. The van der Waals surface area contributed by atoms with Crippen LogP contribution in [0.25, 0.3) is 10.2 Å². The lowest BCUT2D eigenvalue weighted by molar-refractivity contribution is -0.118. The van der Waals surface area contributed by atoms with Crippen LogP contribution >= 0.6 is 22.7 Å². The number of nitrogens with zero attached hydrogens (tertiary/aromatic N) is 3. The van der Waals surface area contributed by atoms with E-state index in [9.17, 15) is 4.79 Å². The lowest BCUT2D eigenvalue weighted by Crippen LogP contribution is -2.12. The molecule has 0 radical (unpaired) electrons. The molecule has 0 saturated heterocycles. The zero-order chi connectivity index (χ0) is 13.9. The van der Waals surface area contributed by atoms with Gasteiger partial charge in [0.25, 0.3) is 0 Å². The van der Waals surface area contributed by atoms with Gasteiger partial charge in [0, 0.05) is 31.5 Å². The summed E-state index contributed by atoms with van der Waals surface area (Å²) in [6, 6.07) is 8.02. The normalized spacial score (nSPS) is 12.2. The molecule has 0 aliphatic rings. The van der Waals surface area contributed by atoms with Crippen LogP contribution in [0.15, 0.2) is 40.8 Å². The third-order valence-corrected chi connectivity index (χ3v) is 4.81. The molecule has 0 spiro atoms. The minimum absolute atomic E-state index is 0.0951. The Balaban J connectivity index is 1.70. The first-order valence-corrected chi connectivity index (χ1v) is 7.94. The number of amides is 1. The highest BCUT2D eigenvalue weighted by Crippen LogP contribution is 2.22. The minimum atomic E-state index is -0.0951. The van der Waals surface area contributed by atoms with Gasteiger partial charge in [-0.15, -0.1) is 22.7 Å². The van der Waals surface area contributed by atoms with Crippen molar-refractivity contribution in [3.05, 3.63) is 45.7 Å².